The van der Waals surface area contributed by atoms with E-state index in [0.717, 1.165) is 0 Å². The van der Waals surface area contributed by atoms with E-state index in [1.165, 1.54) is 6.07 Å². The molecule has 0 N–H and O–H groups in total. The maximum absolute atomic E-state index is 8.83. The Balaban J connectivity index is 2.94. The molecule has 6 nitrogen and oxygen atoms in total. The number of aromatic nitrogens is 4. The lowest BCUT2D eigenvalue weighted by atomic mass is 10.1. The number of benzene rings is 1. The third-order valence-corrected chi connectivity index (χ3v) is 1.73. The second kappa shape index (κ2) is 3.04. The number of hydrogen-bond donors (Lipinski definition) is 0. The first kappa shape index (κ1) is 8.02. The average molecular weight is 182 g/mol. The molecule has 2 aromatic rings. The summed E-state index contributed by atoms with van der Waals surface area (Å²) in [4.78, 5) is 0. The van der Waals surface area contributed by atoms with E-state index in [2.05, 4.69) is 20.6 Å². The summed E-state index contributed by atoms with van der Waals surface area (Å²) in [6, 6.07) is 6.89. The lowest BCUT2D eigenvalue weighted by Gasteiger charge is -1.96. The molecule has 0 aliphatic rings. The van der Waals surface area contributed by atoms with Crippen LogP contribution in [0.5, 0.6) is 0 Å². The van der Waals surface area contributed by atoms with Crippen LogP contribution in [0.3, 0.4) is 0 Å². The lowest BCUT2D eigenvalue weighted by Crippen LogP contribution is -1.96. The molecule has 2 rings (SSSR count). The van der Waals surface area contributed by atoms with Gasteiger partial charge >= 0.3 is 0 Å². The van der Waals surface area contributed by atoms with Crippen molar-refractivity contribution in [1.82, 2.24) is 20.6 Å². The fourth-order valence-corrected chi connectivity index (χ4v) is 1.10. The van der Waals surface area contributed by atoms with E-state index in [1.54, 1.807) is 6.07 Å². The number of hydrogen-bond acceptors (Lipinski definition) is 6. The summed E-state index contributed by atoms with van der Waals surface area (Å²) >= 11 is 0. The zero-order valence-electron chi connectivity index (χ0n) is 6.84. The van der Waals surface area contributed by atoms with E-state index in [9.17, 15) is 0 Å². The summed E-state index contributed by atoms with van der Waals surface area (Å²) in [5, 5.41) is 31.6. The van der Waals surface area contributed by atoms with Gasteiger partial charge in [0.15, 0.2) is 0 Å². The normalized spacial score (nSPS) is 9.29. The maximum atomic E-state index is 8.83. The zero-order chi connectivity index (χ0) is 9.97. The summed E-state index contributed by atoms with van der Waals surface area (Å²) in [5.74, 6) is 0. The van der Waals surface area contributed by atoms with Crippen LogP contribution in [0.1, 0.15) is 11.1 Å². The van der Waals surface area contributed by atoms with Gasteiger partial charge in [-0.25, -0.2) is 0 Å². The van der Waals surface area contributed by atoms with Crippen LogP contribution in [-0.2, 0) is 0 Å². The van der Waals surface area contributed by atoms with Crippen molar-refractivity contribution in [3.05, 3.63) is 23.3 Å². The Labute approximate surface area is 78.4 Å². The van der Waals surface area contributed by atoms with Crippen molar-refractivity contribution in [1.29, 1.82) is 10.5 Å². The van der Waals surface area contributed by atoms with E-state index < -0.39 is 0 Å². The Morgan fingerprint density at radius 1 is 1.00 bits per heavy atom. The molecular weight excluding hydrogens is 180 g/mol. The molecule has 0 spiro atoms. The maximum Gasteiger partial charge on any atom is 0.134 e. The Hall–Kier alpha value is -2.60. The van der Waals surface area contributed by atoms with Crippen LogP contribution < -0.4 is 0 Å². The van der Waals surface area contributed by atoms with Gasteiger partial charge in [0.05, 0.1) is 11.1 Å². The van der Waals surface area contributed by atoms with Gasteiger partial charge in [-0.15, -0.1) is 10.2 Å². The first-order valence-electron chi connectivity index (χ1n) is 3.66. The Morgan fingerprint density at radius 2 is 1.79 bits per heavy atom. The van der Waals surface area contributed by atoms with E-state index in [4.69, 9.17) is 10.5 Å². The van der Waals surface area contributed by atoms with E-state index >= 15 is 0 Å². The summed E-state index contributed by atoms with van der Waals surface area (Å²) in [7, 11) is 0. The molecule has 64 valence electrons. The topological polar surface area (TPSA) is 99.1 Å². The van der Waals surface area contributed by atoms with Crippen molar-refractivity contribution in [3.8, 4) is 12.1 Å². The number of nitrogens with zero attached hydrogens (tertiary/aromatic N) is 6. The molecule has 0 fully saturated rings. The van der Waals surface area contributed by atoms with Crippen molar-refractivity contribution < 1.29 is 0 Å². The monoisotopic (exact) mass is 182 g/mol. The highest BCUT2D eigenvalue weighted by atomic mass is 15.4. The van der Waals surface area contributed by atoms with Gasteiger partial charge in [0.2, 0.25) is 0 Å². The number of rotatable bonds is 0. The Bertz CT molecular complexity index is 576. The fourth-order valence-electron chi connectivity index (χ4n) is 1.10. The van der Waals surface area contributed by atoms with Crippen LogP contribution in [0.25, 0.3) is 11.0 Å². The van der Waals surface area contributed by atoms with E-state index in [-0.39, 0.29) is 11.1 Å². The molecule has 0 bridgehead atoms. The molecule has 0 unspecified atom stereocenters. The molecule has 14 heavy (non-hydrogen) atoms. The van der Waals surface area contributed by atoms with Crippen LogP contribution in [0.4, 0.5) is 0 Å². The SMILES string of the molecule is N#Cc1ccc2nnnnc2c1C#N. The van der Waals surface area contributed by atoms with Crippen LogP contribution in [0.2, 0.25) is 0 Å². The first-order valence-corrected chi connectivity index (χ1v) is 3.66. The van der Waals surface area contributed by atoms with Crippen molar-refractivity contribution >= 4 is 11.0 Å². The summed E-state index contributed by atoms with van der Waals surface area (Å²) in [6.45, 7) is 0. The first-order chi connectivity index (χ1) is 6.86. The van der Waals surface area contributed by atoms with Crippen molar-refractivity contribution in [3.63, 3.8) is 0 Å². The molecule has 0 aliphatic heterocycles. The predicted molar refractivity (Wildman–Crippen MR) is 44.6 cm³/mol. The number of nitriles is 2. The molecular formula is C8H2N6. The third kappa shape index (κ3) is 1.03. The van der Waals surface area contributed by atoms with Crippen molar-refractivity contribution in [2.75, 3.05) is 0 Å². The van der Waals surface area contributed by atoms with Gasteiger partial charge < -0.3 is 0 Å². The zero-order valence-corrected chi connectivity index (χ0v) is 6.84. The van der Waals surface area contributed by atoms with E-state index in [1.807, 2.05) is 12.1 Å². The Kier molecular flexibility index (Phi) is 1.74. The van der Waals surface area contributed by atoms with Crippen LogP contribution in [-0.4, -0.2) is 20.6 Å². The van der Waals surface area contributed by atoms with Gasteiger partial charge in [0.1, 0.15) is 23.2 Å². The molecule has 1 aromatic heterocycles. The molecule has 1 aromatic carbocycles. The van der Waals surface area contributed by atoms with Crippen LogP contribution in [0, 0.1) is 22.7 Å². The quantitative estimate of drug-likeness (QED) is 0.575. The van der Waals surface area contributed by atoms with Crippen molar-refractivity contribution in [2.24, 2.45) is 0 Å². The Morgan fingerprint density at radius 3 is 2.50 bits per heavy atom. The van der Waals surface area contributed by atoms with Gasteiger partial charge in [-0.05, 0) is 22.6 Å². The number of fused-ring (bicyclic) bond motifs is 1. The smallest absolute Gasteiger partial charge is 0.134 e. The highest BCUT2D eigenvalue weighted by Crippen LogP contribution is 2.15. The highest BCUT2D eigenvalue weighted by Gasteiger charge is 2.09. The fraction of sp³-hybridized carbons (Fsp3) is 0. The minimum Gasteiger partial charge on any atom is -0.192 e. The third-order valence-electron chi connectivity index (χ3n) is 1.73. The predicted octanol–water partition coefficient (Wildman–Crippen LogP) is 0.163. The standard InChI is InChI=1S/C8H2N6/c9-3-5-1-2-7-8(6(5)4-10)12-14-13-11-7/h1-2H. The van der Waals surface area contributed by atoms with Crippen LogP contribution >= 0.6 is 0 Å². The highest BCUT2D eigenvalue weighted by molar-refractivity contribution is 5.82. The van der Waals surface area contributed by atoms with Gasteiger partial charge in [-0.1, -0.05) is 0 Å². The summed E-state index contributed by atoms with van der Waals surface area (Å²) in [6.07, 6.45) is 0. The van der Waals surface area contributed by atoms with Gasteiger partial charge in [-0.2, -0.15) is 10.5 Å². The summed E-state index contributed by atoms with van der Waals surface area (Å²) in [5.41, 5.74) is 1.21. The van der Waals surface area contributed by atoms with Gasteiger partial charge in [-0.3, -0.25) is 0 Å². The van der Waals surface area contributed by atoms with Crippen LogP contribution in [0.15, 0.2) is 12.1 Å². The molecule has 0 radical (unpaired) electrons. The second-order valence-electron chi connectivity index (χ2n) is 2.46. The minimum absolute atomic E-state index is 0.187. The molecule has 0 atom stereocenters. The minimum atomic E-state index is 0.187. The molecule has 0 saturated heterocycles. The van der Waals surface area contributed by atoms with Crippen molar-refractivity contribution in [2.45, 2.75) is 0 Å². The molecule has 6 heteroatoms. The largest absolute Gasteiger partial charge is 0.192 e. The van der Waals surface area contributed by atoms with Gasteiger partial charge in [0.25, 0.3) is 0 Å². The lowest BCUT2D eigenvalue weighted by molar-refractivity contribution is 0.796. The van der Waals surface area contributed by atoms with Gasteiger partial charge in [0, 0.05) is 0 Å². The molecule has 0 aliphatic carbocycles. The molecule has 0 amide bonds. The second-order valence-corrected chi connectivity index (χ2v) is 2.46. The average Bonchev–Trinajstić information content (AvgIpc) is 2.27. The molecule has 0 saturated carbocycles. The van der Waals surface area contributed by atoms with E-state index in [0.29, 0.717) is 11.0 Å². The molecule has 1 heterocycles. The summed E-state index contributed by atoms with van der Waals surface area (Å²) < 4.78 is 0.